The van der Waals surface area contributed by atoms with Crippen LogP contribution in [-0.4, -0.2) is 24.7 Å². The minimum atomic E-state index is -0.399. The molecule has 0 aliphatic rings. The van der Waals surface area contributed by atoms with Gasteiger partial charge in [-0.25, -0.2) is 0 Å². The van der Waals surface area contributed by atoms with Crippen molar-refractivity contribution in [3.63, 3.8) is 0 Å². The molecule has 0 radical (unpaired) electrons. The normalized spacial score (nSPS) is 10.8. The van der Waals surface area contributed by atoms with Crippen molar-refractivity contribution in [2.24, 2.45) is 0 Å². The molecule has 2 aromatic heterocycles. The van der Waals surface area contributed by atoms with Crippen LogP contribution in [0.2, 0.25) is 0 Å². The Kier molecular flexibility index (Phi) is 5.35. The van der Waals surface area contributed by atoms with Crippen molar-refractivity contribution in [3.05, 3.63) is 94.2 Å². The van der Waals surface area contributed by atoms with E-state index in [2.05, 4.69) is 15.2 Å². The number of aromatic nitrogens is 4. The van der Waals surface area contributed by atoms with Gasteiger partial charge in [-0.2, -0.15) is 0 Å². The fourth-order valence-corrected chi connectivity index (χ4v) is 3.72. The molecule has 0 N–H and O–H groups in total. The molecular weight excluding hydrogens is 386 g/mol. The Morgan fingerprint density at radius 3 is 2.41 bits per heavy atom. The smallest absolute Gasteiger partial charge is 0.269 e. The van der Waals surface area contributed by atoms with Crippen LogP contribution in [0.25, 0.3) is 17.2 Å². The van der Waals surface area contributed by atoms with E-state index in [-0.39, 0.29) is 5.69 Å². The van der Waals surface area contributed by atoms with Gasteiger partial charge >= 0.3 is 0 Å². The van der Waals surface area contributed by atoms with Crippen LogP contribution < -0.4 is 0 Å². The summed E-state index contributed by atoms with van der Waals surface area (Å²) >= 11 is 1.52. The second-order valence-electron chi connectivity index (χ2n) is 6.40. The molecule has 0 fully saturated rings. The summed E-state index contributed by atoms with van der Waals surface area (Å²) in [4.78, 5) is 14.8. The summed E-state index contributed by atoms with van der Waals surface area (Å²) in [5.74, 6) is 1.28. The number of hydrogen-bond donors (Lipinski definition) is 0. The van der Waals surface area contributed by atoms with E-state index in [1.54, 1.807) is 18.3 Å². The molecule has 0 aliphatic carbocycles. The van der Waals surface area contributed by atoms with Gasteiger partial charge < -0.3 is 0 Å². The molecule has 7 nitrogen and oxygen atoms in total. The lowest BCUT2D eigenvalue weighted by Crippen LogP contribution is -2.00. The highest BCUT2D eigenvalue weighted by Crippen LogP contribution is 2.29. The fourth-order valence-electron chi connectivity index (χ4n) is 2.81. The summed E-state index contributed by atoms with van der Waals surface area (Å²) in [6, 6.07) is 20.4. The zero-order valence-corrected chi connectivity index (χ0v) is 16.4. The maximum Gasteiger partial charge on any atom is 0.269 e. The van der Waals surface area contributed by atoms with Gasteiger partial charge in [-0.05, 0) is 36.8 Å². The molecule has 0 saturated carbocycles. The predicted molar refractivity (Wildman–Crippen MR) is 112 cm³/mol. The van der Waals surface area contributed by atoms with Crippen LogP contribution in [0.15, 0.2) is 78.1 Å². The number of nitrogens with zero attached hydrogens (tertiary/aromatic N) is 5. The lowest BCUT2D eigenvalue weighted by atomic mass is 10.2. The van der Waals surface area contributed by atoms with Gasteiger partial charge in [-0.15, -0.1) is 10.2 Å². The Bertz CT molecular complexity index is 1130. The van der Waals surface area contributed by atoms with Crippen molar-refractivity contribution >= 4 is 17.4 Å². The first-order chi connectivity index (χ1) is 14.1. The molecule has 0 spiro atoms. The number of hydrogen-bond acceptors (Lipinski definition) is 6. The monoisotopic (exact) mass is 403 g/mol. The zero-order valence-electron chi connectivity index (χ0n) is 15.6. The first kappa shape index (κ1) is 18.8. The van der Waals surface area contributed by atoms with E-state index in [1.807, 2.05) is 54.0 Å². The van der Waals surface area contributed by atoms with Gasteiger partial charge in [0.25, 0.3) is 5.69 Å². The Labute approximate surface area is 171 Å². The average molecular weight is 403 g/mol. The minimum Gasteiger partial charge on any atom is -0.269 e. The Hall–Kier alpha value is -3.52. The molecule has 0 bridgehead atoms. The zero-order chi connectivity index (χ0) is 20.2. The van der Waals surface area contributed by atoms with Crippen molar-refractivity contribution in [2.75, 3.05) is 0 Å². The van der Waals surface area contributed by atoms with E-state index >= 15 is 0 Å². The topological polar surface area (TPSA) is 86.7 Å². The van der Waals surface area contributed by atoms with E-state index in [4.69, 9.17) is 0 Å². The highest BCUT2D eigenvalue weighted by Gasteiger charge is 2.17. The van der Waals surface area contributed by atoms with Gasteiger partial charge in [-0.3, -0.25) is 19.7 Å². The Balaban J connectivity index is 1.67. The van der Waals surface area contributed by atoms with Gasteiger partial charge in [0.1, 0.15) is 5.69 Å². The number of benzene rings is 2. The molecule has 0 unspecified atom stereocenters. The fraction of sp³-hybridized carbons (Fsp3) is 0.0952. The predicted octanol–water partition coefficient (Wildman–Crippen LogP) is 4.84. The highest BCUT2D eigenvalue weighted by molar-refractivity contribution is 7.98. The summed E-state index contributed by atoms with van der Waals surface area (Å²) in [5, 5.41) is 20.3. The number of pyridine rings is 1. The van der Waals surface area contributed by atoms with Crippen molar-refractivity contribution in [1.82, 2.24) is 19.7 Å². The Morgan fingerprint density at radius 1 is 1.00 bits per heavy atom. The molecule has 2 aromatic carbocycles. The second kappa shape index (κ2) is 8.24. The first-order valence-electron chi connectivity index (χ1n) is 8.92. The summed E-state index contributed by atoms with van der Waals surface area (Å²) < 4.78 is 1.98. The summed E-state index contributed by atoms with van der Waals surface area (Å²) in [6.45, 7) is 2.04. The van der Waals surface area contributed by atoms with Crippen LogP contribution in [-0.2, 0) is 5.75 Å². The van der Waals surface area contributed by atoms with Gasteiger partial charge in [-0.1, -0.05) is 47.7 Å². The molecule has 8 heteroatoms. The number of nitro benzene ring substituents is 1. The quantitative estimate of drug-likeness (QED) is 0.260. The molecule has 144 valence electrons. The number of non-ortho nitro benzene ring substituents is 1. The third kappa shape index (κ3) is 4.17. The standard InChI is InChI=1S/C21H17N5O2S/c1-15-5-9-17(10-6-15)25-20(19-4-2-3-13-22-19)23-24-21(25)29-14-16-7-11-18(12-8-16)26(27)28/h2-13H,14H2,1H3. The third-order valence-electron chi connectivity index (χ3n) is 4.33. The van der Waals surface area contributed by atoms with Crippen molar-refractivity contribution in [2.45, 2.75) is 17.8 Å². The summed E-state index contributed by atoms with van der Waals surface area (Å²) in [6.07, 6.45) is 1.73. The molecule has 0 aliphatic heterocycles. The molecular formula is C21H17N5O2S. The maximum atomic E-state index is 10.8. The van der Waals surface area contributed by atoms with E-state index in [0.29, 0.717) is 11.6 Å². The van der Waals surface area contributed by atoms with Gasteiger partial charge in [0, 0.05) is 29.8 Å². The van der Waals surface area contributed by atoms with E-state index in [1.165, 1.54) is 29.5 Å². The van der Waals surface area contributed by atoms with Gasteiger partial charge in [0.2, 0.25) is 0 Å². The third-order valence-corrected chi connectivity index (χ3v) is 5.33. The van der Waals surface area contributed by atoms with Crippen LogP contribution in [0.1, 0.15) is 11.1 Å². The first-order valence-corrected chi connectivity index (χ1v) is 9.90. The molecule has 0 saturated heterocycles. The minimum absolute atomic E-state index is 0.0824. The van der Waals surface area contributed by atoms with Crippen LogP contribution >= 0.6 is 11.8 Å². The van der Waals surface area contributed by atoms with Crippen molar-refractivity contribution in [3.8, 4) is 17.2 Å². The van der Waals surface area contributed by atoms with E-state index < -0.39 is 4.92 Å². The van der Waals surface area contributed by atoms with Crippen LogP contribution in [0.4, 0.5) is 5.69 Å². The molecule has 0 amide bonds. The molecule has 4 aromatic rings. The van der Waals surface area contributed by atoms with Gasteiger partial charge in [0.05, 0.1) is 4.92 Å². The average Bonchev–Trinajstić information content (AvgIpc) is 3.17. The van der Waals surface area contributed by atoms with Crippen LogP contribution in [0, 0.1) is 17.0 Å². The largest absolute Gasteiger partial charge is 0.269 e. The maximum absolute atomic E-state index is 10.8. The van der Waals surface area contributed by atoms with E-state index in [9.17, 15) is 10.1 Å². The van der Waals surface area contributed by atoms with Crippen LogP contribution in [0.5, 0.6) is 0 Å². The number of nitro groups is 1. The molecule has 4 rings (SSSR count). The second-order valence-corrected chi connectivity index (χ2v) is 7.35. The van der Waals surface area contributed by atoms with Gasteiger partial charge in [0.15, 0.2) is 11.0 Å². The summed E-state index contributed by atoms with van der Waals surface area (Å²) in [7, 11) is 0. The van der Waals surface area contributed by atoms with Crippen molar-refractivity contribution in [1.29, 1.82) is 0 Å². The lowest BCUT2D eigenvalue weighted by Gasteiger charge is -2.10. The number of thioether (sulfide) groups is 1. The number of rotatable bonds is 6. The molecule has 29 heavy (non-hydrogen) atoms. The number of aryl methyl sites for hydroxylation is 1. The van der Waals surface area contributed by atoms with Crippen molar-refractivity contribution < 1.29 is 4.92 Å². The Morgan fingerprint density at radius 2 is 1.76 bits per heavy atom. The SMILES string of the molecule is Cc1ccc(-n2c(SCc3ccc([N+](=O)[O-])cc3)nnc2-c2ccccn2)cc1. The van der Waals surface area contributed by atoms with E-state index in [0.717, 1.165) is 22.1 Å². The summed E-state index contributed by atoms with van der Waals surface area (Å²) in [5.41, 5.74) is 3.91. The molecule has 0 atom stereocenters. The molecule has 2 heterocycles. The van der Waals surface area contributed by atoms with Crippen LogP contribution in [0.3, 0.4) is 0 Å². The lowest BCUT2D eigenvalue weighted by molar-refractivity contribution is -0.384. The highest BCUT2D eigenvalue weighted by atomic mass is 32.2.